The van der Waals surface area contributed by atoms with E-state index in [1.165, 1.54) is 0 Å². The molecule has 0 spiro atoms. The third-order valence-electron chi connectivity index (χ3n) is 5.17. The Bertz CT molecular complexity index is 1370. The van der Waals surface area contributed by atoms with Crippen LogP contribution in [0.3, 0.4) is 0 Å². The third kappa shape index (κ3) is 5.40. The van der Waals surface area contributed by atoms with Crippen LogP contribution in [0.2, 0.25) is 0 Å². The van der Waals surface area contributed by atoms with Gasteiger partial charge in [-0.05, 0) is 65.7 Å². The molecule has 168 valence electrons. The molecule has 0 unspecified atom stereocenters. The van der Waals surface area contributed by atoms with Crippen molar-refractivity contribution < 1.29 is 14.3 Å². The number of nitriles is 1. The maximum atomic E-state index is 12.5. The van der Waals surface area contributed by atoms with E-state index >= 15 is 0 Å². The summed E-state index contributed by atoms with van der Waals surface area (Å²) in [5, 5.41) is 15.3. The molecular formula is C28H23N3O3. The van der Waals surface area contributed by atoms with Gasteiger partial charge in [-0.25, -0.2) is 5.43 Å². The van der Waals surface area contributed by atoms with Gasteiger partial charge < -0.3 is 9.47 Å². The predicted octanol–water partition coefficient (Wildman–Crippen LogP) is 5.45. The Kier molecular flexibility index (Phi) is 7.16. The molecule has 6 heteroatoms. The molecule has 4 rings (SSSR count). The van der Waals surface area contributed by atoms with Crippen molar-refractivity contribution in [2.24, 2.45) is 5.10 Å². The van der Waals surface area contributed by atoms with Crippen molar-refractivity contribution in [3.8, 4) is 17.6 Å². The lowest BCUT2D eigenvalue weighted by molar-refractivity contribution is 0.0955. The van der Waals surface area contributed by atoms with Gasteiger partial charge in [-0.3, -0.25) is 4.79 Å². The lowest BCUT2D eigenvalue weighted by atomic mass is 10.0. The molecule has 0 bridgehead atoms. The van der Waals surface area contributed by atoms with Crippen molar-refractivity contribution >= 4 is 22.9 Å². The first-order valence-electron chi connectivity index (χ1n) is 10.9. The summed E-state index contributed by atoms with van der Waals surface area (Å²) in [5.41, 5.74) is 5.28. The van der Waals surface area contributed by atoms with Gasteiger partial charge in [0.05, 0.1) is 24.5 Å². The summed E-state index contributed by atoms with van der Waals surface area (Å²) in [6, 6.07) is 28.1. The number of nitrogens with zero attached hydrogens (tertiary/aromatic N) is 2. The first kappa shape index (κ1) is 22.6. The Labute approximate surface area is 198 Å². The molecule has 4 aromatic carbocycles. The van der Waals surface area contributed by atoms with Gasteiger partial charge in [0, 0.05) is 11.1 Å². The van der Waals surface area contributed by atoms with E-state index in [1.807, 2.05) is 55.5 Å². The zero-order valence-corrected chi connectivity index (χ0v) is 18.7. The minimum absolute atomic E-state index is 0.299. The quantitative estimate of drug-likeness (QED) is 0.286. The second-order valence-electron chi connectivity index (χ2n) is 7.46. The summed E-state index contributed by atoms with van der Waals surface area (Å²) in [5.74, 6) is 1.01. The van der Waals surface area contributed by atoms with Crippen LogP contribution in [0.5, 0.6) is 11.5 Å². The van der Waals surface area contributed by atoms with Crippen LogP contribution < -0.4 is 14.9 Å². The van der Waals surface area contributed by atoms with E-state index < -0.39 is 0 Å². The molecule has 0 saturated heterocycles. The normalized spacial score (nSPS) is 10.7. The number of hydrogen-bond acceptors (Lipinski definition) is 5. The average molecular weight is 450 g/mol. The molecule has 0 aliphatic heterocycles. The molecule has 1 amide bonds. The Balaban J connectivity index is 1.54. The highest BCUT2D eigenvalue weighted by molar-refractivity contribution is 6.03. The smallest absolute Gasteiger partial charge is 0.271 e. The zero-order chi connectivity index (χ0) is 23.8. The standard InChI is InChI=1S/C28H23N3O3/c1-2-33-24-13-10-23(11-14-24)28(32)31-30-18-26-25-9-4-3-8-22(25)12-15-27(26)34-19-21-7-5-6-20(16-21)17-29/h3-16,18H,2,19H2,1H3,(H,31,32)/b30-18+. The van der Waals surface area contributed by atoms with E-state index in [9.17, 15) is 4.79 Å². The largest absolute Gasteiger partial charge is 0.494 e. The average Bonchev–Trinajstić information content (AvgIpc) is 2.88. The van der Waals surface area contributed by atoms with Crippen LogP contribution >= 0.6 is 0 Å². The molecular weight excluding hydrogens is 426 g/mol. The minimum Gasteiger partial charge on any atom is -0.494 e. The number of carbonyl (C=O) groups is 1. The highest BCUT2D eigenvalue weighted by Gasteiger charge is 2.09. The van der Waals surface area contributed by atoms with Gasteiger partial charge in [0.1, 0.15) is 18.1 Å². The van der Waals surface area contributed by atoms with Crippen LogP contribution in [0, 0.1) is 11.3 Å². The molecule has 0 aliphatic carbocycles. The van der Waals surface area contributed by atoms with Gasteiger partial charge in [0.2, 0.25) is 0 Å². The lowest BCUT2D eigenvalue weighted by Gasteiger charge is -2.12. The van der Waals surface area contributed by atoms with E-state index in [1.54, 1.807) is 42.6 Å². The summed E-state index contributed by atoms with van der Waals surface area (Å²) in [6.45, 7) is 2.77. The number of nitrogens with one attached hydrogen (secondary N) is 1. The van der Waals surface area contributed by atoms with Gasteiger partial charge in [0.25, 0.3) is 5.91 Å². The number of hydrazone groups is 1. The van der Waals surface area contributed by atoms with E-state index in [2.05, 4.69) is 16.6 Å². The molecule has 0 radical (unpaired) electrons. The Hall–Kier alpha value is -4.63. The SMILES string of the molecule is CCOc1ccc(C(=O)N/N=C/c2c(OCc3cccc(C#N)c3)ccc3ccccc23)cc1. The van der Waals surface area contributed by atoms with Crippen LogP contribution in [0.15, 0.2) is 90.0 Å². The number of amides is 1. The maximum absolute atomic E-state index is 12.5. The molecule has 1 N–H and O–H groups in total. The molecule has 6 nitrogen and oxygen atoms in total. The van der Waals surface area contributed by atoms with Gasteiger partial charge in [0.15, 0.2) is 0 Å². The first-order chi connectivity index (χ1) is 16.7. The highest BCUT2D eigenvalue weighted by Crippen LogP contribution is 2.27. The Morgan fingerprint density at radius 2 is 1.82 bits per heavy atom. The fraction of sp³-hybridized carbons (Fsp3) is 0.107. The van der Waals surface area contributed by atoms with Crippen molar-refractivity contribution in [3.05, 3.63) is 107 Å². The third-order valence-corrected chi connectivity index (χ3v) is 5.17. The van der Waals surface area contributed by atoms with Crippen molar-refractivity contribution in [2.45, 2.75) is 13.5 Å². The van der Waals surface area contributed by atoms with E-state index in [4.69, 9.17) is 14.7 Å². The number of benzene rings is 4. The zero-order valence-electron chi connectivity index (χ0n) is 18.7. The van der Waals surface area contributed by atoms with Gasteiger partial charge >= 0.3 is 0 Å². The number of fused-ring (bicyclic) bond motifs is 1. The molecule has 0 saturated carbocycles. The molecule has 0 atom stereocenters. The Morgan fingerprint density at radius 1 is 1.00 bits per heavy atom. The topological polar surface area (TPSA) is 83.7 Å². The maximum Gasteiger partial charge on any atom is 0.271 e. The molecule has 34 heavy (non-hydrogen) atoms. The number of carbonyl (C=O) groups excluding carboxylic acids is 1. The number of rotatable bonds is 8. The van der Waals surface area contributed by atoms with Crippen LogP contribution in [-0.4, -0.2) is 18.7 Å². The fourth-order valence-corrected chi connectivity index (χ4v) is 3.52. The summed E-state index contributed by atoms with van der Waals surface area (Å²) in [6.07, 6.45) is 1.59. The molecule has 0 aliphatic rings. The lowest BCUT2D eigenvalue weighted by Crippen LogP contribution is -2.17. The van der Waals surface area contributed by atoms with Crippen LogP contribution in [-0.2, 0) is 6.61 Å². The molecule has 0 aromatic heterocycles. The van der Waals surface area contributed by atoms with Crippen LogP contribution in [0.25, 0.3) is 10.8 Å². The van der Waals surface area contributed by atoms with E-state index in [0.29, 0.717) is 35.8 Å². The summed E-state index contributed by atoms with van der Waals surface area (Å²) in [4.78, 5) is 12.5. The second-order valence-corrected chi connectivity index (χ2v) is 7.46. The van der Waals surface area contributed by atoms with Crippen molar-refractivity contribution in [2.75, 3.05) is 6.61 Å². The van der Waals surface area contributed by atoms with Crippen LogP contribution in [0.1, 0.15) is 34.0 Å². The highest BCUT2D eigenvalue weighted by atomic mass is 16.5. The van der Waals surface area contributed by atoms with E-state index in [-0.39, 0.29) is 5.91 Å². The van der Waals surface area contributed by atoms with Crippen LogP contribution in [0.4, 0.5) is 0 Å². The van der Waals surface area contributed by atoms with Crippen molar-refractivity contribution in [1.29, 1.82) is 5.26 Å². The fourth-order valence-electron chi connectivity index (χ4n) is 3.52. The molecule has 0 fully saturated rings. The summed E-state index contributed by atoms with van der Waals surface area (Å²) >= 11 is 0. The first-order valence-corrected chi connectivity index (χ1v) is 10.9. The predicted molar refractivity (Wildman–Crippen MR) is 132 cm³/mol. The number of hydrogen-bond donors (Lipinski definition) is 1. The van der Waals surface area contributed by atoms with Crippen molar-refractivity contribution in [1.82, 2.24) is 5.43 Å². The van der Waals surface area contributed by atoms with Gasteiger partial charge in [-0.2, -0.15) is 10.4 Å². The second kappa shape index (κ2) is 10.8. The molecule has 0 heterocycles. The summed E-state index contributed by atoms with van der Waals surface area (Å²) in [7, 11) is 0. The van der Waals surface area contributed by atoms with Gasteiger partial charge in [-0.1, -0.05) is 42.5 Å². The number of ether oxygens (including phenoxy) is 2. The summed E-state index contributed by atoms with van der Waals surface area (Å²) < 4.78 is 11.5. The minimum atomic E-state index is -0.324. The van der Waals surface area contributed by atoms with Gasteiger partial charge in [-0.15, -0.1) is 0 Å². The monoisotopic (exact) mass is 449 g/mol. The van der Waals surface area contributed by atoms with Crippen molar-refractivity contribution in [3.63, 3.8) is 0 Å². The Morgan fingerprint density at radius 3 is 2.62 bits per heavy atom. The van der Waals surface area contributed by atoms with E-state index in [0.717, 1.165) is 21.9 Å². The molecule has 4 aromatic rings.